The lowest BCUT2D eigenvalue weighted by Crippen LogP contribution is -2.05. The second-order valence-corrected chi connectivity index (χ2v) is 3.28. The van der Waals surface area contributed by atoms with E-state index in [-0.39, 0.29) is 5.56 Å². The van der Waals surface area contributed by atoms with Crippen LogP contribution in [0.3, 0.4) is 0 Å². The van der Waals surface area contributed by atoms with Gasteiger partial charge >= 0.3 is 5.97 Å². The van der Waals surface area contributed by atoms with Crippen molar-refractivity contribution >= 4 is 5.97 Å². The second kappa shape index (κ2) is 5.82. The van der Waals surface area contributed by atoms with Crippen LogP contribution in [0.2, 0.25) is 0 Å². The Morgan fingerprint density at radius 2 is 2.25 bits per heavy atom. The molecule has 0 unspecified atom stereocenters. The van der Waals surface area contributed by atoms with Crippen LogP contribution in [0.15, 0.2) is 18.2 Å². The van der Waals surface area contributed by atoms with Crippen molar-refractivity contribution in [1.29, 1.82) is 0 Å². The number of carboxylic acids is 1. The van der Waals surface area contributed by atoms with Crippen LogP contribution < -0.4 is 4.74 Å². The average Bonchev–Trinajstić information content (AvgIpc) is 2.25. The van der Waals surface area contributed by atoms with Crippen molar-refractivity contribution < 1.29 is 14.6 Å². The van der Waals surface area contributed by atoms with Crippen molar-refractivity contribution in [3.63, 3.8) is 0 Å². The smallest absolute Gasteiger partial charge is 0.339 e. The molecule has 1 N–H and O–H groups in total. The monoisotopic (exact) mass is 218 g/mol. The maximum absolute atomic E-state index is 11.0. The zero-order valence-electron chi connectivity index (χ0n) is 9.41. The number of benzene rings is 1. The van der Waals surface area contributed by atoms with Gasteiger partial charge in [0.2, 0.25) is 0 Å². The topological polar surface area (TPSA) is 46.5 Å². The summed E-state index contributed by atoms with van der Waals surface area (Å²) < 4.78 is 5.45. The van der Waals surface area contributed by atoms with Crippen LogP contribution in [0.1, 0.15) is 29.3 Å². The largest absolute Gasteiger partial charge is 0.491 e. The number of hydrogen-bond acceptors (Lipinski definition) is 2. The summed E-state index contributed by atoms with van der Waals surface area (Å²) >= 11 is 0. The summed E-state index contributed by atoms with van der Waals surface area (Å²) in [6, 6.07) is 5.07. The van der Waals surface area contributed by atoms with Gasteiger partial charge in [0, 0.05) is 6.42 Å². The molecule has 0 spiro atoms. The van der Waals surface area contributed by atoms with E-state index in [0.717, 1.165) is 5.56 Å². The third-order valence-electron chi connectivity index (χ3n) is 2.09. The first kappa shape index (κ1) is 12.1. The Hall–Kier alpha value is -1.95. The molecule has 1 aromatic carbocycles. The first-order chi connectivity index (χ1) is 7.66. The van der Waals surface area contributed by atoms with Gasteiger partial charge in [-0.3, -0.25) is 0 Å². The molecule has 0 aromatic heterocycles. The second-order valence-electron chi connectivity index (χ2n) is 3.28. The lowest BCUT2D eigenvalue weighted by atomic mass is 10.1. The number of hydrogen-bond donors (Lipinski definition) is 1. The fraction of sp³-hybridized carbons (Fsp3) is 0.308. The Morgan fingerprint density at radius 3 is 2.88 bits per heavy atom. The molecular formula is C13H14O3. The Balaban J connectivity index is 2.83. The number of aryl methyl sites for hydroxylation is 1. The molecule has 0 bridgehead atoms. The highest BCUT2D eigenvalue weighted by atomic mass is 16.5. The molecule has 0 heterocycles. The van der Waals surface area contributed by atoms with Gasteiger partial charge in [-0.2, -0.15) is 0 Å². The molecule has 0 amide bonds. The molecular weight excluding hydrogens is 204 g/mol. The molecule has 1 rings (SSSR count). The van der Waals surface area contributed by atoms with Crippen molar-refractivity contribution in [2.24, 2.45) is 0 Å². The Kier molecular flexibility index (Phi) is 4.41. The van der Waals surface area contributed by atoms with Gasteiger partial charge in [0.05, 0.1) is 6.61 Å². The minimum atomic E-state index is -0.972. The first-order valence-corrected chi connectivity index (χ1v) is 5.02. The average molecular weight is 218 g/mol. The van der Waals surface area contributed by atoms with Gasteiger partial charge in [-0.25, -0.2) is 4.79 Å². The van der Waals surface area contributed by atoms with Crippen LogP contribution >= 0.6 is 0 Å². The van der Waals surface area contributed by atoms with Crippen molar-refractivity contribution in [3.05, 3.63) is 29.3 Å². The molecule has 84 valence electrons. The molecule has 0 radical (unpaired) electrons. The molecule has 0 saturated heterocycles. The highest BCUT2D eigenvalue weighted by Gasteiger charge is 2.12. The fourth-order valence-corrected chi connectivity index (χ4v) is 1.34. The van der Waals surface area contributed by atoms with Gasteiger partial charge < -0.3 is 9.84 Å². The van der Waals surface area contributed by atoms with Crippen LogP contribution in [-0.2, 0) is 0 Å². The van der Waals surface area contributed by atoms with Crippen molar-refractivity contribution in [2.75, 3.05) is 6.61 Å². The highest BCUT2D eigenvalue weighted by Crippen LogP contribution is 2.23. The number of aromatic carboxylic acids is 1. The van der Waals surface area contributed by atoms with Crippen molar-refractivity contribution in [2.45, 2.75) is 20.3 Å². The minimum Gasteiger partial charge on any atom is -0.491 e. The van der Waals surface area contributed by atoms with Crippen LogP contribution in [0.25, 0.3) is 0 Å². The molecule has 0 aliphatic heterocycles. The normalized spacial score (nSPS) is 9.12. The predicted octanol–water partition coefficient (Wildman–Crippen LogP) is 2.49. The van der Waals surface area contributed by atoms with E-state index in [9.17, 15) is 4.79 Å². The molecule has 0 aliphatic carbocycles. The summed E-state index contributed by atoms with van der Waals surface area (Å²) in [5.41, 5.74) is 1.02. The quantitative estimate of drug-likeness (QED) is 0.623. The SMILES string of the molecule is CC#CCCOc1c(C)cccc1C(=O)O. The van der Waals surface area contributed by atoms with Crippen LogP contribution in [0.5, 0.6) is 5.75 Å². The zero-order valence-corrected chi connectivity index (χ0v) is 9.41. The number of rotatable bonds is 4. The van der Waals surface area contributed by atoms with E-state index in [1.54, 1.807) is 13.0 Å². The fourth-order valence-electron chi connectivity index (χ4n) is 1.34. The van der Waals surface area contributed by atoms with Crippen LogP contribution in [0, 0.1) is 18.8 Å². The molecule has 16 heavy (non-hydrogen) atoms. The molecule has 0 aliphatic rings. The van der Waals surface area contributed by atoms with E-state index >= 15 is 0 Å². The predicted molar refractivity (Wildman–Crippen MR) is 61.7 cm³/mol. The Labute approximate surface area is 95.1 Å². The molecule has 0 atom stereocenters. The lowest BCUT2D eigenvalue weighted by Gasteiger charge is -2.10. The molecule has 0 fully saturated rings. The maximum atomic E-state index is 11.0. The van der Waals surface area contributed by atoms with Crippen LogP contribution in [-0.4, -0.2) is 17.7 Å². The van der Waals surface area contributed by atoms with E-state index in [0.29, 0.717) is 18.8 Å². The molecule has 3 heteroatoms. The van der Waals surface area contributed by atoms with E-state index in [4.69, 9.17) is 9.84 Å². The standard InChI is InChI=1S/C13H14O3/c1-3-4-5-9-16-12-10(2)7-6-8-11(12)13(14)15/h6-8H,5,9H2,1-2H3,(H,14,15). The summed E-state index contributed by atoms with van der Waals surface area (Å²) in [5.74, 6) is 5.09. The summed E-state index contributed by atoms with van der Waals surface area (Å²) in [4.78, 5) is 11.0. The maximum Gasteiger partial charge on any atom is 0.339 e. The number of carbonyl (C=O) groups is 1. The van der Waals surface area contributed by atoms with Gasteiger partial charge in [0.25, 0.3) is 0 Å². The number of para-hydroxylation sites is 1. The minimum absolute atomic E-state index is 0.199. The van der Waals surface area contributed by atoms with Crippen LogP contribution in [0.4, 0.5) is 0 Å². The van der Waals surface area contributed by atoms with Gasteiger partial charge in [-0.1, -0.05) is 12.1 Å². The summed E-state index contributed by atoms with van der Waals surface area (Å²) in [6.45, 7) is 4.00. The molecule has 3 nitrogen and oxygen atoms in total. The first-order valence-electron chi connectivity index (χ1n) is 5.02. The van der Waals surface area contributed by atoms with Gasteiger partial charge in [0.1, 0.15) is 11.3 Å². The van der Waals surface area contributed by atoms with Gasteiger partial charge in [0.15, 0.2) is 0 Å². The van der Waals surface area contributed by atoms with Gasteiger partial charge in [-0.15, -0.1) is 11.8 Å². The van der Waals surface area contributed by atoms with E-state index in [1.165, 1.54) is 6.07 Å². The molecule has 1 aromatic rings. The Morgan fingerprint density at radius 1 is 1.50 bits per heavy atom. The highest BCUT2D eigenvalue weighted by molar-refractivity contribution is 5.91. The van der Waals surface area contributed by atoms with Crippen molar-refractivity contribution in [1.82, 2.24) is 0 Å². The zero-order chi connectivity index (χ0) is 12.0. The summed E-state index contributed by atoms with van der Waals surface area (Å²) in [6.07, 6.45) is 0.601. The van der Waals surface area contributed by atoms with Gasteiger partial charge in [-0.05, 0) is 25.5 Å². The van der Waals surface area contributed by atoms with Crippen molar-refractivity contribution in [3.8, 4) is 17.6 Å². The number of carboxylic acid groups (broad SMARTS) is 1. The summed E-state index contributed by atoms with van der Waals surface area (Å²) in [5, 5.41) is 8.98. The third-order valence-corrected chi connectivity index (χ3v) is 2.09. The summed E-state index contributed by atoms with van der Waals surface area (Å²) in [7, 11) is 0. The van der Waals surface area contributed by atoms with E-state index in [2.05, 4.69) is 11.8 Å². The Bertz CT molecular complexity index is 438. The van der Waals surface area contributed by atoms with E-state index < -0.39 is 5.97 Å². The number of ether oxygens (including phenoxy) is 1. The lowest BCUT2D eigenvalue weighted by molar-refractivity contribution is 0.0692. The third kappa shape index (κ3) is 3.03. The molecule has 0 saturated carbocycles. The van der Waals surface area contributed by atoms with E-state index in [1.807, 2.05) is 13.0 Å².